The maximum atomic E-state index is 12.2. The first kappa shape index (κ1) is 25.0. The van der Waals surface area contributed by atoms with Gasteiger partial charge in [0.25, 0.3) is 0 Å². The monoisotopic (exact) mass is 459 g/mol. The molecule has 0 fully saturated rings. The molecule has 178 valence electrons. The van der Waals surface area contributed by atoms with Crippen molar-refractivity contribution in [3.05, 3.63) is 95.6 Å². The number of nitrogens with one attached hydrogen (secondary N) is 2. The summed E-state index contributed by atoms with van der Waals surface area (Å²) in [5.74, 6) is 0.0125. The number of carbonyl (C=O) groups excluding carboxylic acids is 2. The highest BCUT2D eigenvalue weighted by molar-refractivity contribution is 5.80. The molecule has 4 N–H and O–H groups in total. The first-order valence-corrected chi connectivity index (χ1v) is 11.6. The van der Waals surface area contributed by atoms with Crippen LogP contribution in [0.5, 0.6) is 0 Å². The molecular formula is C28H33N3O3. The fourth-order valence-corrected chi connectivity index (χ4v) is 3.82. The smallest absolute Gasteiger partial charge is 0.407 e. The summed E-state index contributed by atoms with van der Waals surface area (Å²) in [4.78, 5) is 24.1. The van der Waals surface area contributed by atoms with E-state index < -0.39 is 6.09 Å². The molecule has 0 aromatic heterocycles. The number of primary amides is 1. The van der Waals surface area contributed by atoms with Crippen molar-refractivity contribution in [3.8, 4) is 11.1 Å². The van der Waals surface area contributed by atoms with Crippen LogP contribution in [0.3, 0.4) is 0 Å². The fourth-order valence-electron chi connectivity index (χ4n) is 3.82. The maximum absolute atomic E-state index is 12.2. The average molecular weight is 460 g/mol. The second-order valence-electron chi connectivity index (χ2n) is 8.69. The summed E-state index contributed by atoms with van der Waals surface area (Å²) in [5, 5.41) is 6.16. The molecule has 0 aliphatic carbocycles. The quantitative estimate of drug-likeness (QED) is 0.385. The second kappa shape index (κ2) is 12.6. The number of rotatable bonds is 11. The molecule has 6 nitrogen and oxygen atoms in total. The van der Waals surface area contributed by atoms with Gasteiger partial charge < -0.3 is 21.1 Å². The zero-order chi connectivity index (χ0) is 24.3. The van der Waals surface area contributed by atoms with E-state index in [0.717, 1.165) is 27.8 Å². The van der Waals surface area contributed by atoms with E-state index in [1.807, 2.05) is 78.9 Å². The van der Waals surface area contributed by atoms with Gasteiger partial charge in [0.2, 0.25) is 5.91 Å². The molecular weight excluding hydrogens is 426 g/mol. The van der Waals surface area contributed by atoms with Crippen molar-refractivity contribution in [2.45, 2.75) is 46.0 Å². The highest BCUT2D eigenvalue weighted by atomic mass is 16.5. The standard InChI is InChI=1S/C28H33N3O3/c1-20(2)16-26(27(29)32)30-17-22-12-6-8-14-24(22)25-15-9-7-13-23(25)18-31-28(33)34-19-21-10-4-3-5-11-21/h3-15,20,26,30H,16-19H2,1-2H3,(H2,29,32)(H,31,33). The summed E-state index contributed by atoms with van der Waals surface area (Å²) in [5.41, 5.74) is 10.6. The van der Waals surface area contributed by atoms with E-state index in [0.29, 0.717) is 25.4 Å². The summed E-state index contributed by atoms with van der Waals surface area (Å²) in [6.45, 7) is 5.21. The van der Waals surface area contributed by atoms with Crippen molar-refractivity contribution < 1.29 is 14.3 Å². The van der Waals surface area contributed by atoms with Crippen molar-refractivity contribution in [2.75, 3.05) is 0 Å². The van der Waals surface area contributed by atoms with E-state index in [1.165, 1.54) is 0 Å². The molecule has 34 heavy (non-hydrogen) atoms. The third-order valence-corrected chi connectivity index (χ3v) is 5.55. The van der Waals surface area contributed by atoms with Crippen LogP contribution in [0.1, 0.15) is 37.0 Å². The molecule has 1 atom stereocenters. The van der Waals surface area contributed by atoms with Gasteiger partial charge in [-0.25, -0.2) is 4.79 Å². The lowest BCUT2D eigenvalue weighted by Crippen LogP contribution is -2.41. The van der Waals surface area contributed by atoms with Crippen molar-refractivity contribution in [2.24, 2.45) is 11.7 Å². The van der Waals surface area contributed by atoms with E-state index in [2.05, 4.69) is 24.5 Å². The maximum Gasteiger partial charge on any atom is 0.407 e. The van der Waals surface area contributed by atoms with Gasteiger partial charge in [0.05, 0.1) is 6.04 Å². The van der Waals surface area contributed by atoms with Gasteiger partial charge in [0.1, 0.15) is 6.61 Å². The van der Waals surface area contributed by atoms with Crippen LogP contribution in [-0.4, -0.2) is 18.0 Å². The third-order valence-electron chi connectivity index (χ3n) is 5.55. The van der Waals surface area contributed by atoms with Crippen molar-refractivity contribution in [1.29, 1.82) is 0 Å². The SMILES string of the molecule is CC(C)CC(NCc1ccccc1-c1ccccc1CNC(=O)OCc1ccccc1)C(N)=O. The molecule has 0 saturated heterocycles. The molecule has 0 spiro atoms. The van der Waals surface area contributed by atoms with Gasteiger partial charge in [-0.2, -0.15) is 0 Å². The number of hydrogen-bond acceptors (Lipinski definition) is 4. The summed E-state index contributed by atoms with van der Waals surface area (Å²) in [7, 11) is 0. The topological polar surface area (TPSA) is 93.4 Å². The first-order valence-electron chi connectivity index (χ1n) is 11.6. The molecule has 1 unspecified atom stereocenters. The Morgan fingerprint density at radius 3 is 1.97 bits per heavy atom. The number of ether oxygens (including phenoxy) is 1. The van der Waals surface area contributed by atoms with Gasteiger partial charge in [-0.05, 0) is 40.2 Å². The zero-order valence-corrected chi connectivity index (χ0v) is 19.8. The number of benzene rings is 3. The largest absolute Gasteiger partial charge is 0.445 e. The molecule has 6 heteroatoms. The van der Waals surface area contributed by atoms with Crippen LogP contribution in [0.4, 0.5) is 4.79 Å². The molecule has 3 rings (SSSR count). The van der Waals surface area contributed by atoms with Gasteiger partial charge >= 0.3 is 6.09 Å². The summed E-state index contributed by atoms with van der Waals surface area (Å²) in [6, 6.07) is 25.2. The molecule has 2 amide bonds. The summed E-state index contributed by atoms with van der Waals surface area (Å²) in [6.07, 6.45) is 0.218. The van der Waals surface area contributed by atoms with Gasteiger partial charge in [0, 0.05) is 13.1 Å². The lowest BCUT2D eigenvalue weighted by Gasteiger charge is -2.19. The second-order valence-corrected chi connectivity index (χ2v) is 8.69. The van der Waals surface area contributed by atoms with E-state index in [1.54, 1.807) is 0 Å². The highest BCUT2D eigenvalue weighted by Crippen LogP contribution is 2.27. The van der Waals surface area contributed by atoms with Crippen LogP contribution in [0, 0.1) is 5.92 Å². The Morgan fingerprint density at radius 2 is 1.38 bits per heavy atom. The minimum atomic E-state index is -0.466. The normalized spacial score (nSPS) is 11.7. The van der Waals surface area contributed by atoms with Crippen LogP contribution in [0.15, 0.2) is 78.9 Å². The molecule has 3 aromatic rings. The predicted molar refractivity (Wildman–Crippen MR) is 135 cm³/mol. The van der Waals surface area contributed by atoms with Crippen LogP contribution in [-0.2, 0) is 29.2 Å². The van der Waals surface area contributed by atoms with Gasteiger partial charge in [0.15, 0.2) is 0 Å². The predicted octanol–water partition coefficient (Wildman–Crippen LogP) is 4.77. The van der Waals surface area contributed by atoms with Crippen LogP contribution in [0.2, 0.25) is 0 Å². The Kier molecular flexibility index (Phi) is 9.23. The zero-order valence-electron chi connectivity index (χ0n) is 19.8. The fraction of sp³-hybridized carbons (Fsp3) is 0.286. The average Bonchev–Trinajstić information content (AvgIpc) is 2.84. The van der Waals surface area contributed by atoms with Crippen LogP contribution >= 0.6 is 0 Å². The molecule has 0 saturated carbocycles. The summed E-state index contributed by atoms with van der Waals surface area (Å²) >= 11 is 0. The molecule has 0 aliphatic rings. The van der Waals surface area contributed by atoms with Gasteiger partial charge in [-0.1, -0.05) is 92.7 Å². The minimum absolute atomic E-state index is 0.222. The van der Waals surface area contributed by atoms with Crippen molar-refractivity contribution in [3.63, 3.8) is 0 Å². The number of nitrogens with two attached hydrogens (primary N) is 1. The summed E-state index contributed by atoms with van der Waals surface area (Å²) < 4.78 is 5.33. The number of hydrogen-bond donors (Lipinski definition) is 3. The van der Waals surface area contributed by atoms with Gasteiger partial charge in [-0.3, -0.25) is 4.79 Å². The Morgan fingerprint density at radius 1 is 0.824 bits per heavy atom. The Bertz CT molecular complexity index is 1080. The van der Waals surface area contributed by atoms with E-state index >= 15 is 0 Å². The van der Waals surface area contributed by atoms with E-state index in [4.69, 9.17) is 10.5 Å². The van der Waals surface area contributed by atoms with Crippen LogP contribution in [0.25, 0.3) is 11.1 Å². The highest BCUT2D eigenvalue weighted by Gasteiger charge is 2.17. The van der Waals surface area contributed by atoms with Crippen molar-refractivity contribution in [1.82, 2.24) is 10.6 Å². The molecule has 3 aromatic carbocycles. The number of carbonyl (C=O) groups is 2. The molecule has 0 bridgehead atoms. The molecule has 0 radical (unpaired) electrons. The van der Waals surface area contributed by atoms with E-state index in [-0.39, 0.29) is 18.6 Å². The van der Waals surface area contributed by atoms with Crippen LogP contribution < -0.4 is 16.4 Å². The van der Waals surface area contributed by atoms with Crippen molar-refractivity contribution >= 4 is 12.0 Å². The number of alkyl carbamates (subject to hydrolysis) is 1. The van der Waals surface area contributed by atoms with E-state index in [9.17, 15) is 9.59 Å². The lowest BCUT2D eigenvalue weighted by molar-refractivity contribution is -0.120. The Labute approximate surface area is 201 Å². The Hall–Kier alpha value is -3.64. The Balaban J connectivity index is 1.69. The third kappa shape index (κ3) is 7.46. The molecule has 0 aliphatic heterocycles. The van der Waals surface area contributed by atoms with Gasteiger partial charge in [-0.15, -0.1) is 0 Å². The number of amides is 2. The lowest BCUT2D eigenvalue weighted by atomic mass is 9.95. The molecule has 0 heterocycles. The first-order chi connectivity index (χ1) is 16.4. The minimum Gasteiger partial charge on any atom is -0.445 e.